The summed E-state index contributed by atoms with van der Waals surface area (Å²) < 4.78 is 5.54. The molecule has 5 heteroatoms. The maximum Gasteiger partial charge on any atom is 0.251 e. The van der Waals surface area contributed by atoms with Crippen LogP contribution in [0, 0.1) is 0 Å². The van der Waals surface area contributed by atoms with Crippen molar-refractivity contribution in [2.24, 2.45) is 0 Å². The first-order valence-corrected chi connectivity index (χ1v) is 8.30. The average Bonchev–Trinajstić information content (AvgIpc) is 3.05. The second-order valence-corrected chi connectivity index (χ2v) is 5.70. The highest BCUT2D eigenvalue weighted by molar-refractivity contribution is 5.98. The van der Waals surface area contributed by atoms with Crippen LogP contribution in [0.2, 0.25) is 0 Å². The van der Waals surface area contributed by atoms with E-state index in [1.54, 1.807) is 30.5 Å². The predicted molar refractivity (Wildman–Crippen MR) is 96.7 cm³/mol. The number of hydrogen-bond donors (Lipinski definition) is 2. The van der Waals surface area contributed by atoms with E-state index in [-0.39, 0.29) is 11.8 Å². The lowest BCUT2D eigenvalue weighted by atomic mass is 10.1. The van der Waals surface area contributed by atoms with Gasteiger partial charge in [0.1, 0.15) is 5.58 Å². The van der Waals surface area contributed by atoms with Crippen molar-refractivity contribution >= 4 is 22.8 Å². The highest BCUT2D eigenvalue weighted by Gasteiger charge is 2.11. The van der Waals surface area contributed by atoms with E-state index in [1.165, 1.54) is 0 Å². The number of rotatable bonds is 6. The van der Waals surface area contributed by atoms with Crippen molar-refractivity contribution in [3.05, 3.63) is 71.5 Å². The third kappa shape index (κ3) is 3.88. The van der Waals surface area contributed by atoms with Crippen LogP contribution in [0.4, 0.5) is 0 Å². The van der Waals surface area contributed by atoms with Gasteiger partial charge in [-0.2, -0.15) is 0 Å². The Morgan fingerprint density at radius 3 is 2.48 bits per heavy atom. The van der Waals surface area contributed by atoms with E-state index in [9.17, 15) is 9.59 Å². The zero-order valence-electron chi connectivity index (χ0n) is 14.0. The van der Waals surface area contributed by atoms with Crippen molar-refractivity contribution in [3.8, 4) is 0 Å². The first-order valence-electron chi connectivity index (χ1n) is 8.30. The summed E-state index contributed by atoms with van der Waals surface area (Å²) in [5.41, 5.74) is 2.94. The summed E-state index contributed by atoms with van der Waals surface area (Å²) in [6.45, 7) is 2.96. The van der Waals surface area contributed by atoms with Gasteiger partial charge in [0.05, 0.1) is 6.26 Å². The van der Waals surface area contributed by atoms with Crippen LogP contribution in [0.25, 0.3) is 11.0 Å². The Hall–Kier alpha value is -3.08. The molecule has 0 unspecified atom stereocenters. The average molecular weight is 336 g/mol. The SMILES string of the molecule is CCNC(=O)c1ccc2occ(CCNC(=O)c3ccccc3)c2c1. The van der Waals surface area contributed by atoms with Gasteiger partial charge in [-0.3, -0.25) is 9.59 Å². The van der Waals surface area contributed by atoms with E-state index in [0.717, 1.165) is 16.5 Å². The maximum atomic E-state index is 12.1. The topological polar surface area (TPSA) is 71.3 Å². The minimum Gasteiger partial charge on any atom is -0.464 e. The van der Waals surface area contributed by atoms with Gasteiger partial charge in [-0.25, -0.2) is 0 Å². The first-order chi connectivity index (χ1) is 12.2. The van der Waals surface area contributed by atoms with Crippen LogP contribution in [0.1, 0.15) is 33.2 Å². The van der Waals surface area contributed by atoms with E-state index in [0.29, 0.717) is 30.6 Å². The van der Waals surface area contributed by atoms with E-state index in [1.807, 2.05) is 31.2 Å². The molecular weight excluding hydrogens is 316 g/mol. The predicted octanol–water partition coefficient (Wildman–Crippen LogP) is 3.16. The fourth-order valence-corrected chi connectivity index (χ4v) is 2.68. The second kappa shape index (κ2) is 7.66. The monoisotopic (exact) mass is 336 g/mol. The number of furan rings is 1. The van der Waals surface area contributed by atoms with Gasteiger partial charge < -0.3 is 15.1 Å². The minimum absolute atomic E-state index is 0.101. The van der Waals surface area contributed by atoms with E-state index >= 15 is 0 Å². The Morgan fingerprint density at radius 1 is 0.960 bits per heavy atom. The van der Waals surface area contributed by atoms with E-state index in [2.05, 4.69) is 10.6 Å². The highest BCUT2D eigenvalue weighted by Crippen LogP contribution is 2.23. The Labute approximate surface area is 146 Å². The van der Waals surface area contributed by atoms with Gasteiger partial charge in [0.25, 0.3) is 11.8 Å². The third-order valence-corrected chi connectivity index (χ3v) is 3.97. The molecule has 1 aromatic heterocycles. The number of fused-ring (bicyclic) bond motifs is 1. The molecule has 0 aliphatic heterocycles. The first kappa shape index (κ1) is 16.8. The number of amides is 2. The van der Waals surface area contributed by atoms with Crippen LogP contribution in [0.5, 0.6) is 0 Å². The smallest absolute Gasteiger partial charge is 0.251 e. The normalized spacial score (nSPS) is 10.6. The van der Waals surface area contributed by atoms with Gasteiger partial charge in [0, 0.05) is 29.6 Å². The number of carbonyl (C=O) groups excluding carboxylic acids is 2. The summed E-state index contributed by atoms with van der Waals surface area (Å²) in [4.78, 5) is 24.0. The molecule has 3 rings (SSSR count). The third-order valence-electron chi connectivity index (χ3n) is 3.97. The van der Waals surface area contributed by atoms with Gasteiger partial charge in [0.15, 0.2) is 0 Å². The Kier molecular flexibility index (Phi) is 5.14. The van der Waals surface area contributed by atoms with Gasteiger partial charge in [0.2, 0.25) is 0 Å². The summed E-state index contributed by atoms with van der Waals surface area (Å²) >= 11 is 0. The summed E-state index contributed by atoms with van der Waals surface area (Å²) in [6, 6.07) is 14.5. The van der Waals surface area contributed by atoms with Gasteiger partial charge in [-0.1, -0.05) is 18.2 Å². The molecule has 0 radical (unpaired) electrons. The quantitative estimate of drug-likeness (QED) is 0.726. The second-order valence-electron chi connectivity index (χ2n) is 5.70. The van der Waals surface area contributed by atoms with Crippen molar-refractivity contribution in [3.63, 3.8) is 0 Å². The van der Waals surface area contributed by atoms with Gasteiger partial charge >= 0.3 is 0 Å². The minimum atomic E-state index is -0.103. The molecule has 0 fully saturated rings. The van der Waals surface area contributed by atoms with Crippen LogP contribution in [0.15, 0.2) is 59.2 Å². The van der Waals surface area contributed by atoms with Crippen LogP contribution in [-0.4, -0.2) is 24.9 Å². The molecule has 0 saturated heterocycles. The molecule has 2 aromatic carbocycles. The van der Waals surface area contributed by atoms with Crippen molar-refractivity contribution in [1.82, 2.24) is 10.6 Å². The molecule has 1 heterocycles. The molecule has 2 N–H and O–H groups in total. The Balaban J connectivity index is 1.68. The van der Waals surface area contributed by atoms with Crippen molar-refractivity contribution in [1.29, 1.82) is 0 Å². The molecule has 3 aromatic rings. The molecule has 0 spiro atoms. The van der Waals surface area contributed by atoms with E-state index < -0.39 is 0 Å². The molecule has 0 bridgehead atoms. The van der Waals surface area contributed by atoms with E-state index in [4.69, 9.17) is 4.42 Å². The van der Waals surface area contributed by atoms with Crippen molar-refractivity contribution in [2.45, 2.75) is 13.3 Å². The molecule has 128 valence electrons. The van der Waals surface area contributed by atoms with Crippen molar-refractivity contribution in [2.75, 3.05) is 13.1 Å². The molecular formula is C20H20N2O3. The molecule has 5 nitrogen and oxygen atoms in total. The van der Waals surface area contributed by atoms with Crippen LogP contribution >= 0.6 is 0 Å². The number of hydrogen-bond acceptors (Lipinski definition) is 3. The fourth-order valence-electron chi connectivity index (χ4n) is 2.68. The molecule has 0 aliphatic carbocycles. The Bertz CT molecular complexity index is 884. The summed E-state index contributed by atoms with van der Waals surface area (Å²) in [5.74, 6) is -0.203. The molecule has 0 saturated carbocycles. The zero-order valence-corrected chi connectivity index (χ0v) is 14.0. The lowest BCUT2D eigenvalue weighted by Gasteiger charge is -2.05. The van der Waals surface area contributed by atoms with Crippen molar-refractivity contribution < 1.29 is 14.0 Å². The standard InChI is InChI=1S/C20H20N2O3/c1-2-21-20(24)15-8-9-18-17(12-15)16(13-25-18)10-11-22-19(23)14-6-4-3-5-7-14/h3-9,12-13H,2,10-11H2,1H3,(H,21,24)(H,22,23). The van der Waals surface area contributed by atoms with Gasteiger partial charge in [-0.15, -0.1) is 0 Å². The fraction of sp³-hybridized carbons (Fsp3) is 0.200. The lowest BCUT2D eigenvalue weighted by Crippen LogP contribution is -2.25. The number of carbonyl (C=O) groups is 2. The molecule has 25 heavy (non-hydrogen) atoms. The largest absolute Gasteiger partial charge is 0.464 e. The van der Waals surface area contributed by atoms with Gasteiger partial charge in [-0.05, 0) is 49.2 Å². The molecule has 2 amide bonds. The summed E-state index contributed by atoms with van der Waals surface area (Å²) in [6.07, 6.45) is 2.31. The Morgan fingerprint density at radius 2 is 1.72 bits per heavy atom. The van der Waals surface area contributed by atoms with Crippen LogP contribution < -0.4 is 10.6 Å². The maximum absolute atomic E-state index is 12.1. The highest BCUT2D eigenvalue weighted by atomic mass is 16.3. The van der Waals surface area contributed by atoms with Crippen LogP contribution in [0.3, 0.4) is 0 Å². The lowest BCUT2D eigenvalue weighted by molar-refractivity contribution is 0.0947. The number of nitrogens with one attached hydrogen (secondary N) is 2. The summed E-state index contributed by atoms with van der Waals surface area (Å²) in [7, 11) is 0. The molecule has 0 aliphatic rings. The molecule has 0 atom stereocenters. The summed E-state index contributed by atoms with van der Waals surface area (Å²) in [5, 5.41) is 6.59. The van der Waals surface area contributed by atoms with Crippen LogP contribution in [-0.2, 0) is 6.42 Å². The number of benzene rings is 2. The zero-order chi connectivity index (χ0) is 17.6.